The van der Waals surface area contributed by atoms with E-state index in [2.05, 4.69) is 15.0 Å². The van der Waals surface area contributed by atoms with Crippen LogP contribution in [-0.4, -0.2) is 23.7 Å². The Morgan fingerprint density at radius 3 is 2.73 bits per heavy atom. The van der Waals surface area contributed by atoms with Crippen molar-refractivity contribution in [1.29, 1.82) is 0 Å². The van der Waals surface area contributed by atoms with Crippen LogP contribution in [-0.2, 0) is 17.3 Å². The number of nitrogens with zero attached hydrogens (tertiary/aromatic N) is 3. The zero-order valence-corrected chi connectivity index (χ0v) is 12.1. The molecule has 0 radical (unpaired) electrons. The molecule has 0 saturated carbocycles. The minimum absolute atomic E-state index is 0.0445. The van der Waals surface area contributed by atoms with E-state index in [4.69, 9.17) is 0 Å². The van der Waals surface area contributed by atoms with Crippen LogP contribution in [0.5, 0.6) is 0 Å². The molecule has 3 aromatic rings. The number of rotatable bonds is 2. The fourth-order valence-electron chi connectivity index (χ4n) is 1.77. The Balaban J connectivity index is 2.16. The number of pyridine rings is 2. The van der Waals surface area contributed by atoms with Crippen molar-refractivity contribution in [3.8, 4) is 10.7 Å². The van der Waals surface area contributed by atoms with Crippen molar-refractivity contribution in [3.63, 3.8) is 0 Å². The number of fused-ring (bicyclic) bond motifs is 1. The van der Waals surface area contributed by atoms with Crippen molar-refractivity contribution >= 4 is 32.8 Å². The Morgan fingerprint density at radius 1 is 1.27 bits per heavy atom. The molecule has 0 saturated heterocycles. The molecule has 3 heterocycles. The van der Waals surface area contributed by atoms with Crippen LogP contribution in [0.15, 0.2) is 35.5 Å². The number of thiazole rings is 1. The maximum atomic E-state index is 12.7. The predicted octanol–water partition coefficient (Wildman–Crippen LogP) is 3.01. The average Bonchev–Trinajstić information content (AvgIpc) is 2.89. The first-order valence-electron chi connectivity index (χ1n) is 5.74. The van der Waals surface area contributed by atoms with Crippen LogP contribution in [0.25, 0.3) is 21.0 Å². The number of aromatic nitrogens is 3. The van der Waals surface area contributed by atoms with Gasteiger partial charge in [0.1, 0.15) is 21.0 Å². The lowest BCUT2D eigenvalue weighted by Crippen LogP contribution is -2.04. The van der Waals surface area contributed by atoms with Gasteiger partial charge >= 0.3 is 6.18 Å². The molecule has 0 amide bonds. The molecule has 5 nitrogen and oxygen atoms in total. The smallest absolute Gasteiger partial charge is 0.417 e. The van der Waals surface area contributed by atoms with E-state index in [0.717, 1.165) is 23.6 Å². The molecule has 3 aromatic heterocycles. The molecule has 0 N–H and O–H groups in total. The average molecular weight is 344 g/mol. The molecule has 114 valence electrons. The highest BCUT2D eigenvalue weighted by molar-refractivity contribution is 7.79. The summed E-state index contributed by atoms with van der Waals surface area (Å²) in [4.78, 5) is 11.9. The maximum Gasteiger partial charge on any atom is 0.417 e. The quantitative estimate of drug-likeness (QED) is 0.668. The molecule has 0 bridgehead atoms. The van der Waals surface area contributed by atoms with Crippen molar-refractivity contribution < 1.29 is 21.9 Å². The molecule has 22 heavy (non-hydrogen) atoms. The van der Waals surface area contributed by atoms with Gasteiger partial charge in [-0.2, -0.15) is 13.2 Å². The number of hydrogen-bond donors (Lipinski definition) is 0. The van der Waals surface area contributed by atoms with Crippen LogP contribution in [0.3, 0.4) is 0 Å². The van der Waals surface area contributed by atoms with Gasteiger partial charge in [0.05, 0.1) is 10.5 Å². The minimum atomic E-state index is -4.52. The summed E-state index contributed by atoms with van der Waals surface area (Å²) in [5, 5.41) is 0.196. The second-order valence-corrected chi connectivity index (χ2v) is 6.04. The van der Waals surface area contributed by atoms with Crippen LogP contribution in [0.2, 0.25) is 0 Å². The van der Waals surface area contributed by atoms with Crippen molar-refractivity contribution in [2.45, 2.75) is 11.1 Å². The highest BCUT2D eigenvalue weighted by Gasteiger charge is 2.31. The molecule has 1 unspecified atom stereocenters. The molecule has 3 rings (SSSR count). The lowest BCUT2D eigenvalue weighted by molar-refractivity contribution is -0.137. The molecule has 0 aliphatic carbocycles. The third-order valence-corrected chi connectivity index (χ3v) is 4.40. The Kier molecular flexibility index (Phi) is 3.67. The van der Waals surface area contributed by atoms with Crippen LogP contribution < -0.4 is 0 Å². The summed E-state index contributed by atoms with van der Waals surface area (Å²) in [6.07, 6.45) is -2.42. The van der Waals surface area contributed by atoms with Gasteiger partial charge in [-0.05, 0) is 29.3 Å². The summed E-state index contributed by atoms with van der Waals surface area (Å²) < 4.78 is 60.3. The summed E-state index contributed by atoms with van der Waals surface area (Å²) in [7, 11) is 0. The Morgan fingerprint density at radius 2 is 2.05 bits per heavy atom. The largest absolute Gasteiger partial charge is 0.768 e. The van der Waals surface area contributed by atoms with Gasteiger partial charge in [0.2, 0.25) is 0 Å². The molecule has 0 spiro atoms. The van der Waals surface area contributed by atoms with Crippen molar-refractivity contribution in [2.24, 2.45) is 0 Å². The molecule has 0 fully saturated rings. The first-order valence-corrected chi connectivity index (χ1v) is 7.64. The summed E-state index contributed by atoms with van der Waals surface area (Å²) in [5.74, 6) is 0. The minimum Gasteiger partial charge on any atom is -0.768 e. The van der Waals surface area contributed by atoms with Crippen molar-refractivity contribution in [2.75, 3.05) is 0 Å². The third-order valence-electron chi connectivity index (χ3n) is 2.73. The van der Waals surface area contributed by atoms with E-state index in [-0.39, 0.29) is 25.9 Å². The number of hydrogen-bond acceptors (Lipinski definition) is 6. The van der Waals surface area contributed by atoms with Gasteiger partial charge in [0.15, 0.2) is 0 Å². The summed E-state index contributed by atoms with van der Waals surface area (Å²) in [6, 6.07) is 3.66. The summed E-state index contributed by atoms with van der Waals surface area (Å²) >= 11 is -1.55. The van der Waals surface area contributed by atoms with Crippen molar-refractivity contribution in [1.82, 2.24) is 15.0 Å². The Labute approximate surface area is 128 Å². The van der Waals surface area contributed by atoms with Gasteiger partial charge < -0.3 is 4.55 Å². The van der Waals surface area contributed by atoms with E-state index < -0.39 is 22.8 Å². The molecule has 0 aliphatic heterocycles. The van der Waals surface area contributed by atoms with Crippen LogP contribution in [0, 0.1) is 0 Å². The first-order chi connectivity index (χ1) is 10.4. The summed E-state index contributed by atoms with van der Waals surface area (Å²) in [6.45, 7) is 0. The van der Waals surface area contributed by atoms with Gasteiger partial charge in [-0.25, -0.2) is 9.97 Å². The number of alkyl halides is 3. The Bertz CT molecular complexity index is 879. The van der Waals surface area contributed by atoms with Gasteiger partial charge in [0, 0.05) is 12.4 Å². The van der Waals surface area contributed by atoms with Crippen LogP contribution >= 0.6 is 11.3 Å². The maximum absolute atomic E-state index is 12.7. The summed E-state index contributed by atoms with van der Waals surface area (Å²) in [5.41, 5.74) is -0.777. The zero-order chi connectivity index (χ0) is 15.9. The highest BCUT2D eigenvalue weighted by Crippen LogP contribution is 2.34. The van der Waals surface area contributed by atoms with Crippen LogP contribution in [0.1, 0.15) is 5.56 Å². The Hall–Kier alpha value is -1.91. The monoisotopic (exact) mass is 344 g/mol. The molecular weight excluding hydrogens is 339 g/mol. The van der Waals surface area contributed by atoms with E-state index >= 15 is 0 Å². The lowest BCUT2D eigenvalue weighted by atomic mass is 10.3. The van der Waals surface area contributed by atoms with E-state index in [0.29, 0.717) is 0 Å². The number of halogens is 3. The van der Waals surface area contributed by atoms with Gasteiger partial charge in [-0.15, -0.1) is 0 Å². The SMILES string of the molecule is O=S([O-])c1cccnc1-c1nc2cc(C(F)(F)F)cnc2s1. The standard InChI is InChI=1S/C12H6F3N3O2S2/c13-12(14,15)6-4-7-10(17-5-6)21-11(18-7)9-8(22(19)20)2-1-3-16-9/h1-5H,(H,19,20)/p-1. The zero-order valence-electron chi connectivity index (χ0n) is 10.5. The second kappa shape index (κ2) is 5.38. The van der Waals surface area contributed by atoms with Gasteiger partial charge in [0.25, 0.3) is 0 Å². The van der Waals surface area contributed by atoms with Gasteiger partial charge in [-0.3, -0.25) is 9.19 Å². The molecular formula is C12H5F3N3O2S2-. The highest BCUT2D eigenvalue weighted by atomic mass is 32.2. The molecule has 1 atom stereocenters. The van der Waals surface area contributed by atoms with Crippen molar-refractivity contribution in [3.05, 3.63) is 36.2 Å². The van der Waals surface area contributed by atoms with Gasteiger partial charge in [-0.1, -0.05) is 11.3 Å². The fourth-order valence-corrected chi connectivity index (χ4v) is 3.23. The van der Waals surface area contributed by atoms with Crippen LogP contribution in [0.4, 0.5) is 13.2 Å². The van der Waals surface area contributed by atoms with E-state index in [9.17, 15) is 21.9 Å². The molecule has 0 aliphatic rings. The normalized spacial score (nSPS) is 13.5. The lowest BCUT2D eigenvalue weighted by Gasteiger charge is -2.07. The molecule has 0 aromatic carbocycles. The van der Waals surface area contributed by atoms with E-state index in [1.807, 2.05) is 0 Å². The third kappa shape index (κ3) is 2.72. The predicted molar refractivity (Wildman–Crippen MR) is 72.8 cm³/mol. The van der Waals surface area contributed by atoms with E-state index in [1.165, 1.54) is 18.3 Å². The topological polar surface area (TPSA) is 78.8 Å². The fraction of sp³-hybridized carbons (Fsp3) is 0.0833. The second-order valence-electron chi connectivity index (χ2n) is 4.15. The van der Waals surface area contributed by atoms with E-state index in [1.54, 1.807) is 0 Å². The first kappa shape index (κ1) is 15.0. The molecule has 10 heteroatoms.